The van der Waals surface area contributed by atoms with E-state index in [0.717, 1.165) is 35.3 Å². The lowest BCUT2D eigenvalue weighted by atomic mass is 10.2. The van der Waals surface area contributed by atoms with Gasteiger partial charge in [0, 0.05) is 22.8 Å². The van der Waals surface area contributed by atoms with Gasteiger partial charge in [0.25, 0.3) is 0 Å². The van der Waals surface area contributed by atoms with Gasteiger partial charge in [0.2, 0.25) is 5.88 Å². The normalized spacial score (nSPS) is 10.4. The fourth-order valence-corrected chi connectivity index (χ4v) is 1.93. The summed E-state index contributed by atoms with van der Waals surface area (Å²) in [4.78, 5) is 4.30. The Morgan fingerprint density at radius 3 is 2.74 bits per heavy atom. The van der Waals surface area contributed by atoms with Crippen molar-refractivity contribution < 1.29 is 4.74 Å². The molecule has 0 bridgehead atoms. The summed E-state index contributed by atoms with van der Waals surface area (Å²) in [6.45, 7) is 3.91. The highest BCUT2D eigenvalue weighted by atomic mass is 79.9. The zero-order valence-corrected chi connectivity index (χ0v) is 12.5. The van der Waals surface area contributed by atoms with E-state index in [-0.39, 0.29) is 0 Å². The number of hydrogen-bond donors (Lipinski definition) is 1. The molecule has 0 spiro atoms. The van der Waals surface area contributed by atoms with Crippen LogP contribution < -0.4 is 10.1 Å². The lowest BCUT2D eigenvalue weighted by Crippen LogP contribution is -2.14. The summed E-state index contributed by atoms with van der Waals surface area (Å²) in [6.07, 6.45) is 2.86. The molecule has 1 aromatic heterocycles. The highest BCUT2D eigenvalue weighted by Gasteiger charge is 2.05. The van der Waals surface area contributed by atoms with Gasteiger partial charge in [-0.3, -0.25) is 0 Å². The quantitative estimate of drug-likeness (QED) is 0.812. The Morgan fingerprint density at radius 2 is 2.00 bits per heavy atom. The first-order valence-electron chi connectivity index (χ1n) is 6.37. The summed E-state index contributed by atoms with van der Waals surface area (Å²) < 4.78 is 6.86. The average molecular weight is 321 g/mol. The summed E-state index contributed by atoms with van der Waals surface area (Å²) in [5, 5.41) is 3.36. The maximum atomic E-state index is 5.82. The second kappa shape index (κ2) is 7.26. The van der Waals surface area contributed by atoms with E-state index in [1.54, 1.807) is 6.20 Å². The van der Waals surface area contributed by atoms with Gasteiger partial charge in [-0.05, 0) is 43.3 Å². The maximum Gasteiger partial charge on any atom is 0.223 e. The molecule has 0 radical (unpaired) electrons. The Bertz CT molecular complexity index is 514. The van der Waals surface area contributed by atoms with E-state index in [1.165, 1.54) is 0 Å². The topological polar surface area (TPSA) is 34.2 Å². The number of rotatable bonds is 6. The Kier molecular flexibility index (Phi) is 5.36. The summed E-state index contributed by atoms with van der Waals surface area (Å²) in [7, 11) is 0. The van der Waals surface area contributed by atoms with E-state index in [0.29, 0.717) is 5.88 Å². The van der Waals surface area contributed by atoms with Gasteiger partial charge in [0.1, 0.15) is 5.75 Å². The zero-order chi connectivity index (χ0) is 13.5. The van der Waals surface area contributed by atoms with Crippen LogP contribution in [-0.4, -0.2) is 11.5 Å². The molecule has 0 amide bonds. The predicted molar refractivity (Wildman–Crippen MR) is 80.5 cm³/mol. The lowest BCUT2D eigenvalue weighted by Gasteiger charge is -2.10. The molecular formula is C15H17BrN2O. The number of halogens is 1. The number of benzene rings is 1. The van der Waals surface area contributed by atoms with Crippen LogP contribution in [0.25, 0.3) is 0 Å². The highest BCUT2D eigenvalue weighted by Crippen LogP contribution is 2.24. The summed E-state index contributed by atoms with van der Waals surface area (Å²) in [5.74, 6) is 1.45. The van der Waals surface area contributed by atoms with Crippen molar-refractivity contribution >= 4 is 15.9 Å². The molecular weight excluding hydrogens is 304 g/mol. The molecule has 1 aromatic carbocycles. The molecule has 1 N–H and O–H groups in total. The van der Waals surface area contributed by atoms with Crippen LogP contribution in [-0.2, 0) is 6.54 Å². The van der Waals surface area contributed by atoms with Crippen LogP contribution in [0, 0.1) is 0 Å². The van der Waals surface area contributed by atoms with Crippen molar-refractivity contribution in [1.82, 2.24) is 10.3 Å². The second-order valence-electron chi connectivity index (χ2n) is 4.20. The molecule has 100 valence electrons. The Hall–Kier alpha value is -1.39. The monoisotopic (exact) mass is 320 g/mol. The van der Waals surface area contributed by atoms with Gasteiger partial charge in [0.05, 0.1) is 0 Å². The van der Waals surface area contributed by atoms with Crippen molar-refractivity contribution in [2.24, 2.45) is 0 Å². The maximum absolute atomic E-state index is 5.82. The molecule has 0 aliphatic heterocycles. The van der Waals surface area contributed by atoms with E-state index < -0.39 is 0 Å². The molecule has 1 heterocycles. The Labute approximate surface area is 122 Å². The number of nitrogens with one attached hydrogen (secondary N) is 1. The number of ether oxygens (including phenoxy) is 1. The van der Waals surface area contributed by atoms with Crippen molar-refractivity contribution in [2.75, 3.05) is 6.54 Å². The van der Waals surface area contributed by atoms with Gasteiger partial charge in [-0.1, -0.05) is 28.9 Å². The van der Waals surface area contributed by atoms with Gasteiger partial charge in [-0.25, -0.2) is 4.98 Å². The van der Waals surface area contributed by atoms with Gasteiger partial charge in [-0.2, -0.15) is 0 Å². The minimum absolute atomic E-state index is 0.661. The second-order valence-corrected chi connectivity index (χ2v) is 5.12. The third-order valence-corrected chi connectivity index (χ3v) is 3.15. The van der Waals surface area contributed by atoms with Crippen LogP contribution in [0.5, 0.6) is 11.6 Å². The van der Waals surface area contributed by atoms with Gasteiger partial charge in [0.15, 0.2) is 0 Å². The number of aromatic nitrogens is 1. The molecule has 0 aliphatic carbocycles. The molecule has 2 aromatic rings. The van der Waals surface area contributed by atoms with Gasteiger partial charge in [-0.15, -0.1) is 0 Å². The summed E-state index contributed by atoms with van der Waals surface area (Å²) >= 11 is 3.41. The summed E-state index contributed by atoms with van der Waals surface area (Å²) in [5.41, 5.74) is 1.07. The molecule has 0 saturated carbocycles. The molecule has 3 nitrogen and oxygen atoms in total. The third-order valence-electron chi connectivity index (χ3n) is 2.62. The Balaban J connectivity index is 2.08. The molecule has 0 saturated heterocycles. The van der Waals surface area contributed by atoms with Crippen LogP contribution in [0.15, 0.2) is 47.1 Å². The third kappa shape index (κ3) is 4.33. The van der Waals surface area contributed by atoms with Crippen LogP contribution in [0.3, 0.4) is 0 Å². The number of pyridine rings is 1. The van der Waals surface area contributed by atoms with E-state index in [1.807, 2.05) is 36.4 Å². The smallest absolute Gasteiger partial charge is 0.223 e. The number of nitrogens with zero attached hydrogens (tertiary/aromatic N) is 1. The summed E-state index contributed by atoms with van der Waals surface area (Å²) in [6, 6.07) is 11.7. The van der Waals surface area contributed by atoms with E-state index in [2.05, 4.69) is 33.2 Å². The average Bonchev–Trinajstić information content (AvgIpc) is 2.43. The van der Waals surface area contributed by atoms with Crippen molar-refractivity contribution in [1.29, 1.82) is 0 Å². The van der Waals surface area contributed by atoms with Gasteiger partial charge >= 0.3 is 0 Å². The first-order chi connectivity index (χ1) is 9.29. The zero-order valence-electron chi connectivity index (χ0n) is 10.9. The molecule has 0 fully saturated rings. The van der Waals surface area contributed by atoms with Crippen LogP contribution in [0.4, 0.5) is 0 Å². The SMILES string of the molecule is CCCNCc1cccnc1Oc1ccc(Br)cc1. The first-order valence-corrected chi connectivity index (χ1v) is 7.17. The molecule has 2 rings (SSSR count). The van der Waals surface area contributed by atoms with Crippen molar-refractivity contribution in [2.45, 2.75) is 19.9 Å². The Morgan fingerprint density at radius 1 is 1.21 bits per heavy atom. The minimum Gasteiger partial charge on any atom is -0.439 e. The fourth-order valence-electron chi connectivity index (χ4n) is 1.66. The fraction of sp³-hybridized carbons (Fsp3) is 0.267. The van der Waals surface area contributed by atoms with E-state index in [9.17, 15) is 0 Å². The molecule has 0 aliphatic rings. The predicted octanol–water partition coefficient (Wildman–Crippen LogP) is 4.14. The van der Waals surface area contributed by atoms with Gasteiger partial charge < -0.3 is 10.1 Å². The number of hydrogen-bond acceptors (Lipinski definition) is 3. The largest absolute Gasteiger partial charge is 0.439 e. The first kappa shape index (κ1) is 14.0. The van der Waals surface area contributed by atoms with Crippen LogP contribution >= 0.6 is 15.9 Å². The van der Waals surface area contributed by atoms with E-state index in [4.69, 9.17) is 4.74 Å². The molecule has 0 unspecified atom stereocenters. The lowest BCUT2D eigenvalue weighted by molar-refractivity contribution is 0.453. The van der Waals surface area contributed by atoms with Crippen molar-refractivity contribution in [3.8, 4) is 11.6 Å². The molecule has 4 heteroatoms. The van der Waals surface area contributed by atoms with Crippen LogP contribution in [0.1, 0.15) is 18.9 Å². The molecule has 0 atom stereocenters. The molecule has 19 heavy (non-hydrogen) atoms. The van der Waals surface area contributed by atoms with Crippen LogP contribution in [0.2, 0.25) is 0 Å². The highest BCUT2D eigenvalue weighted by molar-refractivity contribution is 9.10. The standard InChI is InChI=1S/C15H17BrN2O/c1-2-9-17-11-12-4-3-10-18-15(12)19-14-7-5-13(16)6-8-14/h3-8,10,17H,2,9,11H2,1H3. The minimum atomic E-state index is 0.661. The van der Waals surface area contributed by atoms with Crippen molar-refractivity contribution in [3.05, 3.63) is 52.6 Å². The van der Waals surface area contributed by atoms with E-state index >= 15 is 0 Å². The van der Waals surface area contributed by atoms with Crippen molar-refractivity contribution in [3.63, 3.8) is 0 Å².